The Balaban J connectivity index is 0.000000121. The molecule has 1 N–H and O–H groups in total. The summed E-state index contributed by atoms with van der Waals surface area (Å²) in [5.74, 6) is 2.69. The van der Waals surface area contributed by atoms with Crippen molar-refractivity contribution in [2.75, 3.05) is 0 Å². The molecular weight excluding hydrogens is 184 g/mol. The predicted octanol–water partition coefficient (Wildman–Crippen LogP) is 3.04. The molecule has 0 bridgehead atoms. The predicted molar refractivity (Wildman–Crippen MR) is 61.5 cm³/mol. The van der Waals surface area contributed by atoms with Crippen molar-refractivity contribution in [1.82, 2.24) is 0 Å². The van der Waals surface area contributed by atoms with Crippen LogP contribution in [0.1, 0.15) is 5.56 Å². The highest BCUT2D eigenvalue weighted by Crippen LogP contribution is 2.29. The van der Waals surface area contributed by atoms with E-state index in [1.807, 2.05) is 0 Å². The molecule has 2 aliphatic rings. The third-order valence-corrected chi connectivity index (χ3v) is 2.25. The van der Waals surface area contributed by atoms with Crippen molar-refractivity contribution in [2.24, 2.45) is 0 Å². The number of phenolic OH excluding ortho intramolecular Hbond substituents is 1. The van der Waals surface area contributed by atoms with Gasteiger partial charge in [0.1, 0.15) is 5.75 Å². The Morgan fingerprint density at radius 2 is 1.27 bits per heavy atom. The molecule has 1 heteroatoms. The molecule has 0 radical (unpaired) electrons. The zero-order valence-electron chi connectivity index (χ0n) is 8.14. The van der Waals surface area contributed by atoms with Gasteiger partial charge in [-0.1, -0.05) is 30.2 Å². The fourth-order valence-electron chi connectivity index (χ4n) is 1.22. The van der Waals surface area contributed by atoms with E-state index < -0.39 is 0 Å². The van der Waals surface area contributed by atoms with Crippen molar-refractivity contribution in [3.05, 3.63) is 54.1 Å². The summed E-state index contributed by atoms with van der Waals surface area (Å²) < 4.78 is 0. The van der Waals surface area contributed by atoms with E-state index in [2.05, 4.69) is 30.2 Å². The Hall–Kier alpha value is -2.20. The number of benzene rings is 2. The fourth-order valence-corrected chi connectivity index (χ4v) is 1.22. The third-order valence-electron chi connectivity index (χ3n) is 2.25. The van der Waals surface area contributed by atoms with Gasteiger partial charge in [-0.15, -0.1) is 6.42 Å². The first-order chi connectivity index (χ1) is 7.29. The van der Waals surface area contributed by atoms with Crippen molar-refractivity contribution in [3.8, 4) is 29.2 Å². The lowest BCUT2D eigenvalue weighted by molar-refractivity contribution is 0.475. The van der Waals surface area contributed by atoms with Gasteiger partial charge < -0.3 is 5.11 Å². The fraction of sp³-hybridized carbons (Fsp3) is 0. The van der Waals surface area contributed by atoms with Gasteiger partial charge in [0, 0.05) is 5.56 Å². The van der Waals surface area contributed by atoms with E-state index in [4.69, 9.17) is 11.5 Å². The Morgan fingerprint density at radius 1 is 0.800 bits per heavy atom. The molecule has 0 fully saturated rings. The topological polar surface area (TPSA) is 20.2 Å². The second-order valence-electron chi connectivity index (χ2n) is 3.27. The Labute approximate surface area is 89.0 Å². The van der Waals surface area contributed by atoms with Gasteiger partial charge >= 0.3 is 0 Å². The van der Waals surface area contributed by atoms with Crippen LogP contribution in [0.4, 0.5) is 0 Å². The molecule has 1 aromatic rings. The van der Waals surface area contributed by atoms with Crippen LogP contribution in [-0.2, 0) is 0 Å². The van der Waals surface area contributed by atoms with Crippen LogP contribution in [0.5, 0.6) is 5.75 Å². The SMILES string of the molecule is C#Cc1ccc(O)cc1.c1cc2ccc1-2. The van der Waals surface area contributed by atoms with Gasteiger partial charge in [0.25, 0.3) is 0 Å². The van der Waals surface area contributed by atoms with Crippen molar-refractivity contribution in [1.29, 1.82) is 0 Å². The maximum atomic E-state index is 8.78. The van der Waals surface area contributed by atoms with Gasteiger partial charge in [-0.3, -0.25) is 0 Å². The average Bonchev–Trinajstić information content (AvgIpc) is 2.25. The van der Waals surface area contributed by atoms with E-state index in [9.17, 15) is 0 Å². The monoisotopic (exact) mass is 194 g/mol. The standard InChI is InChI=1S/C8H6O.C6H4/c1-2-7-3-5-8(9)6-4-7;1-2-6-4-3-5(1)6/h1,3-6,9H;1-4H. The van der Waals surface area contributed by atoms with Crippen LogP contribution in [0.3, 0.4) is 0 Å². The van der Waals surface area contributed by atoms with E-state index in [1.165, 1.54) is 11.1 Å². The smallest absolute Gasteiger partial charge is 0.115 e. The molecule has 3 rings (SSSR count). The van der Waals surface area contributed by atoms with Gasteiger partial charge in [0.05, 0.1) is 0 Å². The lowest BCUT2D eigenvalue weighted by Crippen LogP contribution is -1.85. The summed E-state index contributed by atoms with van der Waals surface area (Å²) in [4.78, 5) is 0. The Morgan fingerprint density at radius 3 is 1.53 bits per heavy atom. The van der Waals surface area contributed by atoms with Gasteiger partial charge in [-0.25, -0.2) is 0 Å². The van der Waals surface area contributed by atoms with Gasteiger partial charge in [-0.2, -0.15) is 0 Å². The van der Waals surface area contributed by atoms with Crippen LogP contribution in [0.25, 0.3) is 11.1 Å². The van der Waals surface area contributed by atoms with Gasteiger partial charge in [0.15, 0.2) is 0 Å². The highest BCUT2D eigenvalue weighted by atomic mass is 16.3. The molecule has 2 aliphatic carbocycles. The summed E-state index contributed by atoms with van der Waals surface area (Å²) in [5.41, 5.74) is 3.64. The molecule has 1 aromatic carbocycles. The number of aromatic hydroxyl groups is 1. The van der Waals surface area contributed by atoms with E-state index in [0.717, 1.165) is 5.56 Å². The molecule has 0 atom stereocenters. The molecule has 0 heterocycles. The van der Waals surface area contributed by atoms with Crippen LogP contribution in [0.2, 0.25) is 0 Å². The molecule has 15 heavy (non-hydrogen) atoms. The van der Waals surface area contributed by atoms with Crippen LogP contribution >= 0.6 is 0 Å². The van der Waals surface area contributed by atoms with E-state index in [-0.39, 0.29) is 5.75 Å². The zero-order chi connectivity index (χ0) is 10.7. The largest absolute Gasteiger partial charge is 0.508 e. The first kappa shape index (κ1) is 9.36. The second-order valence-corrected chi connectivity index (χ2v) is 3.27. The molecule has 0 amide bonds. The molecule has 0 aliphatic heterocycles. The summed E-state index contributed by atoms with van der Waals surface area (Å²) in [6, 6.07) is 15.0. The normalized spacial score (nSPS) is 9.53. The maximum Gasteiger partial charge on any atom is 0.115 e. The molecular formula is C14H10O. The van der Waals surface area contributed by atoms with Crippen molar-refractivity contribution >= 4 is 0 Å². The summed E-state index contributed by atoms with van der Waals surface area (Å²) in [6.07, 6.45) is 5.07. The molecule has 0 aromatic heterocycles. The highest BCUT2D eigenvalue weighted by molar-refractivity contribution is 5.75. The number of hydrogen-bond acceptors (Lipinski definition) is 1. The number of fused-ring (bicyclic) bond motifs is 1. The third kappa shape index (κ3) is 2.00. The Kier molecular flexibility index (Phi) is 2.43. The van der Waals surface area contributed by atoms with Crippen LogP contribution in [-0.4, -0.2) is 5.11 Å². The molecule has 0 spiro atoms. The van der Waals surface area contributed by atoms with Gasteiger partial charge in [-0.05, 0) is 35.4 Å². The second kappa shape index (κ2) is 3.89. The van der Waals surface area contributed by atoms with E-state index in [0.29, 0.717) is 0 Å². The molecule has 72 valence electrons. The van der Waals surface area contributed by atoms with Crippen molar-refractivity contribution in [2.45, 2.75) is 0 Å². The quantitative estimate of drug-likeness (QED) is 0.545. The minimum absolute atomic E-state index is 0.244. The average molecular weight is 194 g/mol. The number of hydrogen-bond donors (Lipinski definition) is 1. The van der Waals surface area contributed by atoms with Crippen LogP contribution < -0.4 is 0 Å². The lowest BCUT2D eigenvalue weighted by atomic mass is 9.95. The van der Waals surface area contributed by atoms with Crippen LogP contribution in [0.15, 0.2) is 48.5 Å². The van der Waals surface area contributed by atoms with Gasteiger partial charge in [0.2, 0.25) is 0 Å². The summed E-state index contributed by atoms with van der Waals surface area (Å²) in [7, 11) is 0. The number of rotatable bonds is 0. The Bertz CT molecular complexity index is 465. The van der Waals surface area contributed by atoms with Crippen molar-refractivity contribution in [3.63, 3.8) is 0 Å². The number of terminal acetylenes is 1. The maximum absolute atomic E-state index is 8.78. The minimum Gasteiger partial charge on any atom is -0.508 e. The van der Waals surface area contributed by atoms with Crippen LogP contribution in [0, 0.1) is 12.3 Å². The first-order valence-electron chi connectivity index (χ1n) is 4.66. The minimum atomic E-state index is 0.244. The summed E-state index contributed by atoms with van der Waals surface area (Å²) >= 11 is 0. The van der Waals surface area contributed by atoms with Crippen molar-refractivity contribution < 1.29 is 5.11 Å². The summed E-state index contributed by atoms with van der Waals surface area (Å²) in [5, 5.41) is 8.78. The summed E-state index contributed by atoms with van der Waals surface area (Å²) in [6.45, 7) is 0. The lowest BCUT2D eigenvalue weighted by Gasteiger charge is -2.10. The highest BCUT2D eigenvalue weighted by Gasteiger charge is 2.03. The number of phenols is 1. The zero-order valence-corrected chi connectivity index (χ0v) is 8.14. The molecule has 0 unspecified atom stereocenters. The van der Waals surface area contributed by atoms with E-state index >= 15 is 0 Å². The molecule has 0 saturated carbocycles. The molecule has 1 nitrogen and oxygen atoms in total. The first-order valence-corrected chi connectivity index (χ1v) is 4.66. The molecule has 0 saturated heterocycles. The van der Waals surface area contributed by atoms with E-state index in [1.54, 1.807) is 24.3 Å².